The van der Waals surface area contributed by atoms with Crippen molar-refractivity contribution >= 4 is 48.4 Å². The van der Waals surface area contributed by atoms with Gasteiger partial charge < -0.3 is 30.7 Å². The van der Waals surface area contributed by atoms with Crippen LogP contribution in [0, 0.1) is 5.41 Å². The molecule has 0 aromatic carbocycles. The molecule has 0 radical (unpaired) electrons. The number of phosphoric acid groups is 1. The van der Waals surface area contributed by atoms with E-state index >= 15 is 0 Å². The lowest BCUT2D eigenvalue weighted by Crippen LogP contribution is -2.50. The standard InChI is InChI=1S/C23H34ClN6O10P/c1-11(2)38-13(31)6-7-26-19(33)16-22(3,4)9-37-41(35,40-16)36-8-12-15(32)23(5,34)20(39-12)30-10-27-14-17(24)28-21(25)29-18(14)30/h10-12,15-16,20,32,34H,6-9H2,1-5H3,(H,26,33)(H2,25,28,29). The smallest absolute Gasteiger partial charge is 0.463 e. The van der Waals surface area contributed by atoms with Crippen LogP contribution in [0.3, 0.4) is 0 Å². The fourth-order valence-electron chi connectivity index (χ4n) is 4.41. The van der Waals surface area contributed by atoms with Crippen molar-refractivity contribution in [3.05, 3.63) is 11.5 Å². The molecule has 0 saturated carbocycles. The zero-order valence-electron chi connectivity index (χ0n) is 23.1. The first kappa shape index (κ1) is 31.5. The number of hydrogen-bond acceptors (Lipinski definition) is 14. The van der Waals surface area contributed by atoms with E-state index in [4.69, 9.17) is 40.4 Å². The second kappa shape index (κ2) is 11.7. The number of nitrogens with zero attached hydrogens (tertiary/aromatic N) is 4. The molecule has 228 valence electrons. The van der Waals surface area contributed by atoms with Crippen LogP contribution >= 0.6 is 19.4 Å². The van der Waals surface area contributed by atoms with Crippen molar-refractivity contribution < 1.29 is 47.4 Å². The number of nitrogen functional groups attached to an aromatic ring is 1. The van der Waals surface area contributed by atoms with Gasteiger partial charge in [0.1, 0.15) is 23.3 Å². The van der Waals surface area contributed by atoms with Gasteiger partial charge in [0.15, 0.2) is 23.1 Å². The number of aromatic nitrogens is 4. The van der Waals surface area contributed by atoms with Gasteiger partial charge in [-0.25, -0.2) is 9.55 Å². The number of esters is 1. The van der Waals surface area contributed by atoms with Gasteiger partial charge in [-0.05, 0) is 20.8 Å². The number of aliphatic hydroxyl groups is 2. The van der Waals surface area contributed by atoms with E-state index in [0.717, 1.165) is 0 Å². The molecule has 6 unspecified atom stereocenters. The lowest BCUT2D eigenvalue weighted by Gasteiger charge is -2.39. The van der Waals surface area contributed by atoms with E-state index in [1.807, 2.05) is 0 Å². The Bertz CT molecular complexity index is 1350. The Morgan fingerprint density at radius 3 is 2.73 bits per heavy atom. The van der Waals surface area contributed by atoms with E-state index in [9.17, 15) is 24.4 Å². The monoisotopic (exact) mass is 620 g/mol. The molecule has 5 N–H and O–H groups in total. The number of carbonyl (C=O) groups is 2. The Labute approximate surface area is 240 Å². The molecule has 2 fully saturated rings. The minimum Gasteiger partial charge on any atom is -0.463 e. The Hall–Kier alpha value is -2.43. The van der Waals surface area contributed by atoms with E-state index in [1.165, 1.54) is 17.8 Å². The molecule has 4 rings (SSSR count). The van der Waals surface area contributed by atoms with Crippen molar-refractivity contribution in [2.24, 2.45) is 5.41 Å². The molecule has 0 spiro atoms. The molecule has 2 aliphatic rings. The number of ether oxygens (including phenoxy) is 2. The van der Waals surface area contributed by atoms with Crippen molar-refractivity contribution in [1.82, 2.24) is 24.8 Å². The summed E-state index contributed by atoms with van der Waals surface area (Å²) < 4.78 is 41.9. The van der Waals surface area contributed by atoms with Crippen LogP contribution in [0.25, 0.3) is 11.2 Å². The molecule has 16 nitrogen and oxygen atoms in total. The largest absolute Gasteiger partial charge is 0.475 e. The molecular formula is C23H34ClN6O10P. The molecule has 2 saturated heterocycles. The Kier molecular flexibility index (Phi) is 8.98. The number of fused-ring (bicyclic) bond motifs is 1. The van der Waals surface area contributed by atoms with Gasteiger partial charge in [-0.1, -0.05) is 25.4 Å². The fourth-order valence-corrected chi connectivity index (χ4v) is 6.28. The number of phosphoric ester groups is 1. The van der Waals surface area contributed by atoms with Crippen molar-refractivity contribution in [3.8, 4) is 0 Å². The van der Waals surface area contributed by atoms with Crippen LogP contribution in [0.1, 0.15) is 47.3 Å². The van der Waals surface area contributed by atoms with E-state index < -0.39 is 61.9 Å². The molecule has 2 aliphatic heterocycles. The maximum absolute atomic E-state index is 13.3. The van der Waals surface area contributed by atoms with Crippen LogP contribution in [-0.2, 0) is 37.2 Å². The number of amides is 1. The summed E-state index contributed by atoms with van der Waals surface area (Å²) in [6.45, 7) is 7.40. The summed E-state index contributed by atoms with van der Waals surface area (Å²) in [4.78, 5) is 36.7. The topological polar surface area (TPSA) is 219 Å². The molecular weight excluding hydrogens is 587 g/mol. The second-order valence-electron chi connectivity index (χ2n) is 11.0. The average Bonchev–Trinajstić information content (AvgIpc) is 3.37. The molecule has 41 heavy (non-hydrogen) atoms. The Morgan fingerprint density at radius 2 is 2.05 bits per heavy atom. The van der Waals surface area contributed by atoms with Crippen LogP contribution in [0.15, 0.2) is 6.33 Å². The summed E-state index contributed by atoms with van der Waals surface area (Å²) in [6, 6.07) is 0. The summed E-state index contributed by atoms with van der Waals surface area (Å²) in [5.74, 6) is -1.23. The van der Waals surface area contributed by atoms with Gasteiger partial charge in [0.05, 0.1) is 32.1 Å². The predicted octanol–water partition coefficient (Wildman–Crippen LogP) is 1.10. The third kappa shape index (κ3) is 6.65. The summed E-state index contributed by atoms with van der Waals surface area (Å²) in [5, 5.41) is 24.5. The number of anilines is 1. The molecule has 4 heterocycles. The molecule has 18 heteroatoms. The lowest BCUT2D eigenvalue weighted by molar-refractivity contribution is -0.147. The van der Waals surface area contributed by atoms with Crippen molar-refractivity contribution in [3.63, 3.8) is 0 Å². The number of aliphatic hydroxyl groups excluding tert-OH is 1. The molecule has 1 amide bonds. The third-order valence-electron chi connectivity index (χ3n) is 6.57. The first-order valence-corrected chi connectivity index (χ1v) is 14.6. The van der Waals surface area contributed by atoms with Crippen LogP contribution in [0.4, 0.5) is 5.95 Å². The predicted molar refractivity (Wildman–Crippen MR) is 142 cm³/mol. The minimum atomic E-state index is -4.33. The van der Waals surface area contributed by atoms with E-state index in [2.05, 4.69) is 20.3 Å². The highest BCUT2D eigenvalue weighted by molar-refractivity contribution is 7.48. The van der Waals surface area contributed by atoms with Crippen LogP contribution in [0.2, 0.25) is 5.15 Å². The van der Waals surface area contributed by atoms with Gasteiger partial charge in [0.25, 0.3) is 0 Å². The normalized spacial score (nSPS) is 31.4. The van der Waals surface area contributed by atoms with Crippen molar-refractivity contribution in [2.75, 3.05) is 25.5 Å². The van der Waals surface area contributed by atoms with E-state index in [1.54, 1.807) is 27.7 Å². The maximum Gasteiger partial charge on any atom is 0.475 e. The fraction of sp³-hybridized carbons (Fsp3) is 0.696. The van der Waals surface area contributed by atoms with Crippen LogP contribution < -0.4 is 11.1 Å². The van der Waals surface area contributed by atoms with E-state index in [0.29, 0.717) is 0 Å². The molecule has 2 aromatic heterocycles. The first-order valence-electron chi connectivity index (χ1n) is 12.8. The Balaban J connectivity index is 1.42. The number of carbonyl (C=O) groups excluding carboxylic acids is 2. The highest BCUT2D eigenvalue weighted by atomic mass is 35.5. The van der Waals surface area contributed by atoms with Crippen LogP contribution in [-0.4, -0.2) is 91.4 Å². The maximum atomic E-state index is 13.3. The summed E-state index contributed by atoms with van der Waals surface area (Å²) in [7, 11) is -4.33. The number of imidazole rings is 1. The number of nitrogens with one attached hydrogen (secondary N) is 1. The average molecular weight is 621 g/mol. The lowest BCUT2D eigenvalue weighted by atomic mass is 9.87. The Morgan fingerprint density at radius 1 is 1.34 bits per heavy atom. The van der Waals surface area contributed by atoms with Crippen molar-refractivity contribution in [2.45, 2.75) is 77.3 Å². The quantitative estimate of drug-likeness (QED) is 0.175. The number of rotatable bonds is 9. The summed E-state index contributed by atoms with van der Waals surface area (Å²) in [6.07, 6.45) is -4.27. The van der Waals surface area contributed by atoms with Gasteiger partial charge in [-0.2, -0.15) is 9.97 Å². The van der Waals surface area contributed by atoms with Gasteiger partial charge in [0, 0.05) is 12.0 Å². The number of nitrogens with two attached hydrogens (primary N) is 1. The number of halogens is 1. The second-order valence-corrected chi connectivity index (χ2v) is 12.9. The number of hydrogen-bond donors (Lipinski definition) is 4. The van der Waals surface area contributed by atoms with Crippen LogP contribution in [0.5, 0.6) is 0 Å². The highest BCUT2D eigenvalue weighted by Gasteiger charge is 2.55. The van der Waals surface area contributed by atoms with Gasteiger partial charge in [-0.3, -0.25) is 27.7 Å². The van der Waals surface area contributed by atoms with Gasteiger partial charge in [-0.15, -0.1) is 0 Å². The first-order chi connectivity index (χ1) is 19.0. The molecule has 2 aromatic rings. The van der Waals surface area contributed by atoms with Gasteiger partial charge in [0.2, 0.25) is 11.9 Å². The van der Waals surface area contributed by atoms with Gasteiger partial charge >= 0.3 is 13.8 Å². The SMILES string of the molecule is CC(C)OC(=O)CCNC(=O)C1OP(=O)(OCC2OC(n3cnc4c(Cl)nc(N)nc43)C(C)(O)C2O)OCC1(C)C. The minimum absolute atomic E-state index is 0.00831. The highest BCUT2D eigenvalue weighted by Crippen LogP contribution is 2.57. The third-order valence-corrected chi connectivity index (χ3v) is 8.22. The van der Waals surface area contributed by atoms with E-state index in [-0.39, 0.29) is 47.9 Å². The van der Waals surface area contributed by atoms with Crippen molar-refractivity contribution in [1.29, 1.82) is 0 Å². The zero-order valence-corrected chi connectivity index (χ0v) is 24.8. The summed E-state index contributed by atoms with van der Waals surface area (Å²) >= 11 is 6.09. The molecule has 6 atom stereocenters. The molecule has 0 bridgehead atoms. The molecule has 0 aliphatic carbocycles. The summed E-state index contributed by atoms with van der Waals surface area (Å²) in [5.41, 5.74) is 3.27. The zero-order chi connectivity index (χ0) is 30.3.